The molecule has 90 valence electrons. The van der Waals surface area contributed by atoms with Crippen molar-refractivity contribution in [3.05, 3.63) is 29.3 Å². The lowest BCUT2D eigenvalue weighted by atomic mass is 9.91. The third-order valence-corrected chi connectivity index (χ3v) is 3.24. The Balaban J connectivity index is 2.87. The summed E-state index contributed by atoms with van der Waals surface area (Å²) in [6.45, 7) is 9.80. The zero-order valence-electron chi connectivity index (χ0n) is 11.0. The zero-order valence-corrected chi connectivity index (χ0v) is 11.0. The Bertz CT molecular complexity index is 336. The quantitative estimate of drug-likeness (QED) is 0.825. The van der Waals surface area contributed by atoms with Gasteiger partial charge in [-0.2, -0.15) is 0 Å². The van der Waals surface area contributed by atoms with Crippen LogP contribution in [0.3, 0.4) is 0 Å². The fraction of sp³-hybridized carbons (Fsp3) is 0.571. The average molecular weight is 221 g/mol. The lowest BCUT2D eigenvalue weighted by Crippen LogP contribution is -2.30. The predicted octanol–water partition coefficient (Wildman–Crippen LogP) is 3.11. The van der Waals surface area contributed by atoms with Crippen molar-refractivity contribution in [3.63, 3.8) is 0 Å². The largest absolute Gasteiger partial charge is 0.497 e. The Kier molecular flexibility index (Phi) is 4.81. The second kappa shape index (κ2) is 5.90. The highest BCUT2D eigenvalue weighted by molar-refractivity contribution is 5.37. The topological polar surface area (TPSA) is 21.3 Å². The first-order valence-corrected chi connectivity index (χ1v) is 5.98. The molecule has 0 aliphatic heterocycles. The summed E-state index contributed by atoms with van der Waals surface area (Å²) in [5.41, 5.74) is 2.70. The molecule has 0 heterocycles. The molecule has 2 unspecified atom stereocenters. The first kappa shape index (κ1) is 13.0. The van der Waals surface area contributed by atoms with Crippen LogP contribution in [0.25, 0.3) is 0 Å². The maximum atomic E-state index is 5.22. The summed E-state index contributed by atoms with van der Waals surface area (Å²) in [7, 11) is 1.71. The molecule has 0 aliphatic carbocycles. The van der Waals surface area contributed by atoms with Gasteiger partial charge in [-0.3, -0.25) is 0 Å². The molecule has 2 heteroatoms. The second-order valence-corrected chi connectivity index (χ2v) is 4.36. The van der Waals surface area contributed by atoms with Crippen LogP contribution in [0.5, 0.6) is 5.75 Å². The van der Waals surface area contributed by atoms with Crippen molar-refractivity contribution in [2.24, 2.45) is 0 Å². The van der Waals surface area contributed by atoms with Gasteiger partial charge in [0.15, 0.2) is 0 Å². The molecule has 0 bridgehead atoms. The van der Waals surface area contributed by atoms with Crippen molar-refractivity contribution in [1.82, 2.24) is 5.32 Å². The van der Waals surface area contributed by atoms with Gasteiger partial charge < -0.3 is 10.1 Å². The van der Waals surface area contributed by atoms with E-state index in [1.807, 2.05) is 6.07 Å². The average Bonchev–Trinajstić information content (AvgIpc) is 2.28. The minimum absolute atomic E-state index is 0.497. The number of benzene rings is 1. The molecule has 2 nitrogen and oxygen atoms in total. The van der Waals surface area contributed by atoms with Crippen molar-refractivity contribution in [1.29, 1.82) is 0 Å². The number of methoxy groups -OCH3 is 1. The van der Waals surface area contributed by atoms with E-state index in [4.69, 9.17) is 4.74 Å². The van der Waals surface area contributed by atoms with Crippen LogP contribution in [0.1, 0.15) is 37.8 Å². The van der Waals surface area contributed by atoms with E-state index in [0.29, 0.717) is 12.0 Å². The van der Waals surface area contributed by atoms with Crippen LogP contribution in [-0.2, 0) is 0 Å². The molecule has 0 spiro atoms. The molecular weight excluding hydrogens is 198 g/mol. The van der Waals surface area contributed by atoms with E-state index in [0.717, 1.165) is 12.3 Å². The van der Waals surface area contributed by atoms with E-state index >= 15 is 0 Å². The van der Waals surface area contributed by atoms with Gasteiger partial charge in [-0.05, 0) is 49.6 Å². The molecule has 0 aromatic heterocycles. The Morgan fingerprint density at radius 3 is 2.50 bits per heavy atom. The summed E-state index contributed by atoms with van der Waals surface area (Å²) < 4.78 is 5.22. The normalized spacial score (nSPS) is 14.6. The number of likely N-dealkylation sites (N-methyl/N-ethyl adjacent to an activating group) is 1. The highest BCUT2D eigenvalue weighted by Crippen LogP contribution is 2.25. The van der Waals surface area contributed by atoms with Crippen LogP contribution in [0.15, 0.2) is 18.2 Å². The summed E-state index contributed by atoms with van der Waals surface area (Å²) in [6, 6.07) is 6.81. The molecule has 0 saturated carbocycles. The van der Waals surface area contributed by atoms with Crippen LogP contribution >= 0.6 is 0 Å². The third-order valence-electron chi connectivity index (χ3n) is 3.24. The van der Waals surface area contributed by atoms with Crippen molar-refractivity contribution >= 4 is 0 Å². The molecule has 0 aliphatic rings. The molecule has 1 aromatic carbocycles. The standard InChI is InChI=1S/C14H23NO/c1-6-15-12(4)11(3)14-8-7-13(16-5)9-10(14)2/h7-9,11-12,15H,6H2,1-5H3. The Labute approximate surface area is 99.0 Å². The van der Waals surface area contributed by atoms with Gasteiger partial charge in [0.05, 0.1) is 7.11 Å². The van der Waals surface area contributed by atoms with E-state index in [9.17, 15) is 0 Å². The lowest BCUT2D eigenvalue weighted by molar-refractivity contribution is 0.413. The Morgan fingerprint density at radius 1 is 1.31 bits per heavy atom. The summed E-state index contributed by atoms with van der Waals surface area (Å²) in [6.07, 6.45) is 0. The highest BCUT2D eigenvalue weighted by Gasteiger charge is 2.15. The van der Waals surface area contributed by atoms with Gasteiger partial charge in [-0.15, -0.1) is 0 Å². The van der Waals surface area contributed by atoms with Gasteiger partial charge in [0.2, 0.25) is 0 Å². The van der Waals surface area contributed by atoms with Crippen LogP contribution in [0.2, 0.25) is 0 Å². The minimum Gasteiger partial charge on any atom is -0.497 e. The summed E-state index contributed by atoms with van der Waals surface area (Å²) >= 11 is 0. The van der Waals surface area contributed by atoms with Crippen LogP contribution in [0.4, 0.5) is 0 Å². The second-order valence-electron chi connectivity index (χ2n) is 4.36. The van der Waals surface area contributed by atoms with Crippen LogP contribution in [-0.4, -0.2) is 19.7 Å². The van der Waals surface area contributed by atoms with E-state index in [1.165, 1.54) is 11.1 Å². The molecule has 0 fully saturated rings. The lowest BCUT2D eigenvalue weighted by Gasteiger charge is -2.23. The van der Waals surface area contributed by atoms with Crippen LogP contribution < -0.4 is 10.1 Å². The van der Waals surface area contributed by atoms with Gasteiger partial charge in [0.25, 0.3) is 0 Å². The maximum Gasteiger partial charge on any atom is 0.119 e. The molecule has 1 aromatic rings. The van der Waals surface area contributed by atoms with Crippen molar-refractivity contribution in [2.45, 2.75) is 39.7 Å². The number of rotatable bonds is 5. The molecule has 0 radical (unpaired) electrons. The summed E-state index contributed by atoms with van der Waals surface area (Å²) in [4.78, 5) is 0. The molecule has 0 saturated heterocycles. The molecule has 1 rings (SSSR count). The number of hydrogen-bond acceptors (Lipinski definition) is 2. The van der Waals surface area contributed by atoms with E-state index < -0.39 is 0 Å². The molecule has 1 N–H and O–H groups in total. The zero-order chi connectivity index (χ0) is 12.1. The number of nitrogens with one attached hydrogen (secondary N) is 1. The fourth-order valence-corrected chi connectivity index (χ4v) is 2.05. The Morgan fingerprint density at radius 2 is 2.00 bits per heavy atom. The summed E-state index contributed by atoms with van der Waals surface area (Å²) in [5, 5.41) is 3.47. The SMILES string of the molecule is CCNC(C)C(C)c1ccc(OC)cc1C. The van der Waals surface area contributed by atoms with Crippen LogP contribution in [0, 0.1) is 6.92 Å². The van der Waals surface area contributed by atoms with E-state index in [1.54, 1.807) is 7.11 Å². The smallest absolute Gasteiger partial charge is 0.119 e. The third kappa shape index (κ3) is 2.99. The molecule has 2 atom stereocenters. The molecule has 0 amide bonds. The monoisotopic (exact) mass is 221 g/mol. The highest BCUT2D eigenvalue weighted by atomic mass is 16.5. The van der Waals surface area contributed by atoms with Crippen molar-refractivity contribution < 1.29 is 4.74 Å². The van der Waals surface area contributed by atoms with Gasteiger partial charge in [0, 0.05) is 6.04 Å². The fourth-order valence-electron chi connectivity index (χ4n) is 2.05. The Hall–Kier alpha value is -1.02. The van der Waals surface area contributed by atoms with Gasteiger partial charge in [0.1, 0.15) is 5.75 Å². The van der Waals surface area contributed by atoms with Gasteiger partial charge in [-0.25, -0.2) is 0 Å². The first-order chi connectivity index (χ1) is 7.60. The molecule has 16 heavy (non-hydrogen) atoms. The number of ether oxygens (including phenoxy) is 1. The minimum atomic E-state index is 0.497. The maximum absolute atomic E-state index is 5.22. The van der Waals surface area contributed by atoms with Crippen molar-refractivity contribution in [2.75, 3.05) is 13.7 Å². The predicted molar refractivity (Wildman–Crippen MR) is 69.3 cm³/mol. The number of hydrogen-bond donors (Lipinski definition) is 1. The number of aryl methyl sites for hydroxylation is 1. The first-order valence-electron chi connectivity index (χ1n) is 5.98. The van der Waals surface area contributed by atoms with Gasteiger partial charge in [-0.1, -0.05) is 19.9 Å². The molecular formula is C14H23NO. The van der Waals surface area contributed by atoms with E-state index in [-0.39, 0.29) is 0 Å². The van der Waals surface area contributed by atoms with E-state index in [2.05, 4.69) is 45.1 Å². The summed E-state index contributed by atoms with van der Waals surface area (Å²) in [5.74, 6) is 1.45. The van der Waals surface area contributed by atoms with Crippen molar-refractivity contribution in [3.8, 4) is 5.75 Å². The van der Waals surface area contributed by atoms with Gasteiger partial charge >= 0.3 is 0 Å².